The molecule has 8 heteroatoms. The Labute approximate surface area is 138 Å². The number of hydrogen-bond acceptors (Lipinski definition) is 5. The molecule has 0 bridgehead atoms. The van der Waals surface area contributed by atoms with Crippen LogP contribution in [0.25, 0.3) is 11.0 Å². The van der Waals surface area contributed by atoms with Gasteiger partial charge >= 0.3 is 0 Å². The van der Waals surface area contributed by atoms with E-state index in [0.29, 0.717) is 19.5 Å². The predicted octanol–water partition coefficient (Wildman–Crippen LogP) is 2.29. The Balaban J connectivity index is 1.64. The van der Waals surface area contributed by atoms with Crippen LogP contribution < -0.4 is 5.32 Å². The lowest BCUT2D eigenvalue weighted by molar-refractivity contribution is -0.121. The third-order valence-electron chi connectivity index (χ3n) is 3.63. The second-order valence-electron chi connectivity index (χ2n) is 5.68. The summed E-state index contributed by atoms with van der Waals surface area (Å²) < 4.78 is 3.83. The number of carbonyl (C=O) groups is 1. The standard InChI is InChI=1S/C15H20N6OS/c1-10(2)21-12-8-18-20(15(12)11(3)19-21)6-4-13(22)17-9-14-16-5-7-23-14/h5,7-8,10H,4,6,9H2,1-3H3,(H,17,22). The second kappa shape index (κ2) is 6.49. The van der Waals surface area contributed by atoms with Gasteiger partial charge in [-0.2, -0.15) is 10.2 Å². The summed E-state index contributed by atoms with van der Waals surface area (Å²) in [4.78, 5) is 16.1. The molecular weight excluding hydrogens is 312 g/mol. The van der Waals surface area contributed by atoms with Gasteiger partial charge in [0, 0.05) is 24.0 Å². The fourth-order valence-electron chi connectivity index (χ4n) is 2.55. The highest BCUT2D eigenvalue weighted by atomic mass is 32.1. The van der Waals surface area contributed by atoms with Crippen molar-refractivity contribution in [2.75, 3.05) is 0 Å². The molecule has 0 spiro atoms. The molecule has 23 heavy (non-hydrogen) atoms. The maximum absolute atomic E-state index is 12.0. The van der Waals surface area contributed by atoms with Crippen LogP contribution in [-0.4, -0.2) is 30.5 Å². The average Bonchev–Trinajstić information content (AvgIpc) is 3.21. The Morgan fingerprint density at radius 2 is 2.26 bits per heavy atom. The van der Waals surface area contributed by atoms with Crippen LogP contribution in [0.2, 0.25) is 0 Å². The number of rotatable bonds is 6. The zero-order valence-electron chi connectivity index (χ0n) is 13.5. The van der Waals surface area contributed by atoms with E-state index in [1.54, 1.807) is 6.20 Å². The van der Waals surface area contributed by atoms with E-state index >= 15 is 0 Å². The fraction of sp³-hybridized carbons (Fsp3) is 0.467. The van der Waals surface area contributed by atoms with Crippen molar-refractivity contribution in [1.82, 2.24) is 29.9 Å². The summed E-state index contributed by atoms with van der Waals surface area (Å²) in [6, 6.07) is 0.283. The summed E-state index contributed by atoms with van der Waals surface area (Å²) >= 11 is 1.54. The summed E-state index contributed by atoms with van der Waals surface area (Å²) in [6.07, 6.45) is 3.94. The van der Waals surface area contributed by atoms with Crippen molar-refractivity contribution in [2.24, 2.45) is 0 Å². The number of fused-ring (bicyclic) bond motifs is 1. The molecule has 0 aromatic carbocycles. The van der Waals surface area contributed by atoms with Gasteiger partial charge in [0.25, 0.3) is 0 Å². The van der Waals surface area contributed by atoms with Gasteiger partial charge in [0.2, 0.25) is 5.91 Å². The molecule has 122 valence electrons. The average molecular weight is 332 g/mol. The topological polar surface area (TPSA) is 77.6 Å². The van der Waals surface area contributed by atoms with Crippen molar-refractivity contribution >= 4 is 28.3 Å². The molecule has 0 radical (unpaired) electrons. The number of amides is 1. The maximum Gasteiger partial charge on any atom is 0.222 e. The Bertz CT molecular complexity index is 802. The van der Waals surface area contributed by atoms with E-state index in [2.05, 4.69) is 34.3 Å². The zero-order valence-corrected chi connectivity index (χ0v) is 14.3. The zero-order chi connectivity index (χ0) is 16.4. The van der Waals surface area contributed by atoms with E-state index in [1.807, 2.05) is 27.9 Å². The van der Waals surface area contributed by atoms with Gasteiger partial charge < -0.3 is 5.32 Å². The van der Waals surface area contributed by atoms with Crippen LogP contribution in [0.3, 0.4) is 0 Å². The highest BCUT2D eigenvalue weighted by Crippen LogP contribution is 2.21. The molecule has 0 saturated heterocycles. The Kier molecular flexibility index (Phi) is 4.42. The van der Waals surface area contributed by atoms with Crippen LogP contribution >= 0.6 is 11.3 Å². The lowest BCUT2D eigenvalue weighted by atomic mass is 10.3. The van der Waals surface area contributed by atoms with Crippen LogP contribution in [0.4, 0.5) is 0 Å². The van der Waals surface area contributed by atoms with Crippen molar-refractivity contribution in [1.29, 1.82) is 0 Å². The molecular formula is C15H20N6OS. The Hall–Kier alpha value is -2.22. The molecule has 3 heterocycles. The third-order valence-corrected chi connectivity index (χ3v) is 4.41. The Morgan fingerprint density at radius 1 is 1.43 bits per heavy atom. The second-order valence-corrected chi connectivity index (χ2v) is 6.66. The molecule has 3 rings (SSSR count). The first kappa shape index (κ1) is 15.7. The van der Waals surface area contributed by atoms with Gasteiger partial charge in [0.05, 0.1) is 25.0 Å². The SMILES string of the molecule is Cc1nn(C(C)C)c2cnn(CCC(=O)NCc3nccs3)c12. The molecule has 0 aliphatic heterocycles. The molecule has 3 aromatic heterocycles. The normalized spacial score (nSPS) is 11.5. The van der Waals surface area contributed by atoms with Crippen molar-refractivity contribution in [2.45, 2.75) is 46.3 Å². The van der Waals surface area contributed by atoms with Gasteiger partial charge in [0.15, 0.2) is 0 Å². The minimum Gasteiger partial charge on any atom is -0.350 e. The number of aromatic nitrogens is 5. The van der Waals surface area contributed by atoms with Crippen LogP contribution in [0, 0.1) is 6.92 Å². The summed E-state index contributed by atoms with van der Waals surface area (Å²) in [5.41, 5.74) is 2.96. The largest absolute Gasteiger partial charge is 0.350 e. The van der Waals surface area contributed by atoms with E-state index in [4.69, 9.17) is 0 Å². The number of nitrogens with one attached hydrogen (secondary N) is 1. The van der Waals surface area contributed by atoms with Crippen LogP contribution in [0.1, 0.15) is 37.0 Å². The predicted molar refractivity (Wildman–Crippen MR) is 89.2 cm³/mol. The van der Waals surface area contributed by atoms with Gasteiger partial charge in [-0.05, 0) is 20.8 Å². The third kappa shape index (κ3) is 3.26. The quantitative estimate of drug-likeness (QED) is 0.751. The van der Waals surface area contributed by atoms with E-state index in [1.165, 1.54) is 11.3 Å². The van der Waals surface area contributed by atoms with Gasteiger partial charge in [-0.15, -0.1) is 11.3 Å². The number of hydrogen-bond donors (Lipinski definition) is 1. The summed E-state index contributed by atoms with van der Waals surface area (Å²) in [6.45, 7) is 7.18. The van der Waals surface area contributed by atoms with Crippen molar-refractivity contribution in [3.63, 3.8) is 0 Å². The minimum atomic E-state index is -0.00208. The number of thiazole rings is 1. The first-order chi connectivity index (χ1) is 11.1. The molecule has 3 aromatic rings. The van der Waals surface area contributed by atoms with Gasteiger partial charge in [0.1, 0.15) is 16.0 Å². The minimum absolute atomic E-state index is 0.00208. The van der Waals surface area contributed by atoms with Crippen molar-refractivity contribution in [3.05, 3.63) is 28.5 Å². The number of aryl methyl sites for hydroxylation is 2. The number of nitrogens with zero attached hydrogens (tertiary/aromatic N) is 5. The van der Waals surface area contributed by atoms with Crippen molar-refractivity contribution < 1.29 is 4.79 Å². The molecule has 0 aliphatic rings. The highest BCUT2D eigenvalue weighted by molar-refractivity contribution is 7.09. The van der Waals surface area contributed by atoms with Crippen LogP contribution in [-0.2, 0) is 17.9 Å². The molecule has 0 atom stereocenters. The Morgan fingerprint density at radius 3 is 2.96 bits per heavy atom. The fourth-order valence-corrected chi connectivity index (χ4v) is 3.11. The van der Waals surface area contributed by atoms with E-state index in [9.17, 15) is 4.79 Å². The monoisotopic (exact) mass is 332 g/mol. The van der Waals surface area contributed by atoms with E-state index in [-0.39, 0.29) is 11.9 Å². The molecule has 1 amide bonds. The molecule has 0 unspecified atom stereocenters. The van der Waals surface area contributed by atoms with E-state index < -0.39 is 0 Å². The molecule has 0 saturated carbocycles. The molecule has 0 aliphatic carbocycles. The first-order valence-corrected chi connectivity index (χ1v) is 8.50. The van der Waals surface area contributed by atoms with Crippen molar-refractivity contribution in [3.8, 4) is 0 Å². The summed E-state index contributed by atoms with van der Waals surface area (Å²) in [5, 5.41) is 14.7. The summed E-state index contributed by atoms with van der Waals surface area (Å²) in [5.74, 6) is -0.00208. The maximum atomic E-state index is 12.0. The smallest absolute Gasteiger partial charge is 0.222 e. The first-order valence-electron chi connectivity index (χ1n) is 7.62. The lowest BCUT2D eigenvalue weighted by Gasteiger charge is -2.04. The molecule has 0 fully saturated rings. The van der Waals surface area contributed by atoms with Crippen LogP contribution in [0.5, 0.6) is 0 Å². The molecule has 7 nitrogen and oxygen atoms in total. The van der Waals surface area contributed by atoms with Gasteiger partial charge in [-0.3, -0.25) is 14.2 Å². The summed E-state index contributed by atoms with van der Waals surface area (Å²) in [7, 11) is 0. The van der Waals surface area contributed by atoms with Gasteiger partial charge in [-0.1, -0.05) is 0 Å². The van der Waals surface area contributed by atoms with Crippen LogP contribution in [0.15, 0.2) is 17.8 Å². The molecule has 1 N–H and O–H groups in total. The highest BCUT2D eigenvalue weighted by Gasteiger charge is 2.15. The van der Waals surface area contributed by atoms with E-state index in [0.717, 1.165) is 21.7 Å². The lowest BCUT2D eigenvalue weighted by Crippen LogP contribution is -2.24. The van der Waals surface area contributed by atoms with Gasteiger partial charge in [-0.25, -0.2) is 4.98 Å². The number of carbonyl (C=O) groups excluding carboxylic acids is 1.